The normalized spacial score (nSPS) is 9.33. The number of aliphatic hydroxyl groups is 1. The van der Waals surface area contributed by atoms with E-state index in [2.05, 4.69) is 13.8 Å². The summed E-state index contributed by atoms with van der Waals surface area (Å²) in [5.74, 6) is 3.47. The lowest BCUT2D eigenvalue weighted by Crippen LogP contribution is -2.14. The lowest BCUT2D eigenvalue weighted by atomic mass is 10.9. The van der Waals surface area contributed by atoms with E-state index in [0.29, 0.717) is 17.5 Å². The molecule has 2 nitrogen and oxygen atoms in total. The highest BCUT2D eigenvalue weighted by atomic mass is 32.2. The third kappa shape index (κ3) is 6.15. The maximum absolute atomic E-state index is 8.51. The summed E-state index contributed by atoms with van der Waals surface area (Å²) in [7, 11) is 0.512. The van der Waals surface area contributed by atoms with Crippen LogP contribution in [0, 0.1) is 0 Å². The van der Waals surface area contributed by atoms with E-state index in [0.717, 1.165) is 5.75 Å². The lowest BCUT2D eigenvalue weighted by Gasteiger charge is -1.98. The molecule has 0 radical (unpaired) electrons. The van der Waals surface area contributed by atoms with Crippen molar-refractivity contribution in [3.8, 4) is 0 Å². The molecule has 0 rings (SSSR count). The van der Waals surface area contributed by atoms with E-state index >= 15 is 0 Å². The highest BCUT2D eigenvalue weighted by molar-refractivity contribution is 7.96. The predicted molar refractivity (Wildman–Crippen MR) is 42.3 cm³/mol. The molecule has 58 valence electrons. The SMILES string of the molecule is CC[S+](CC)CCO.[OH-]. The minimum absolute atomic E-state index is 0. The van der Waals surface area contributed by atoms with Gasteiger partial charge in [0.25, 0.3) is 0 Å². The van der Waals surface area contributed by atoms with E-state index in [1.165, 1.54) is 11.5 Å². The molecule has 0 bridgehead atoms. The van der Waals surface area contributed by atoms with Crippen molar-refractivity contribution >= 4 is 10.9 Å². The maximum Gasteiger partial charge on any atom is 0.131 e. The van der Waals surface area contributed by atoms with Gasteiger partial charge in [0.05, 0.1) is 6.61 Å². The van der Waals surface area contributed by atoms with Crippen LogP contribution in [0.5, 0.6) is 0 Å². The Balaban J connectivity index is 0. The van der Waals surface area contributed by atoms with Gasteiger partial charge in [0.1, 0.15) is 17.3 Å². The molecule has 0 saturated carbocycles. The van der Waals surface area contributed by atoms with Gasteiger partial charge in [-0.3, -0.25) is 0 Å². The van der Waals surface area contributed by atoms with Crippen molar-refractivity contribution in [1.29, 1.82) is 0 Å². The molecule has 0 amide bonds. The fourth-order valence-corrected chi connectivity index (χ4v) is 1.87. The minimum atomic E-state index is 0. The molecule has 0 atom stereocenters. The van der Waals surface area contributed by atoms with Gasteiger partial charge in [0.15, 0.2) is 0 Å². The molecular weight excluding hydrogens is 136 g/mol. The summed E-state index contributed by atoms with van der Waals surface area (Å²) in [6, 6.07) is 0. The number of rotatable bonds is 4. The first-order valence-electron chi connectivity index (χ1n) is 3.10. The van der Waals surface area contributed by atoms with Gasteiger partial charge in [-0.05, 0) is 24.7 Å². The van der Waals surface area contributed by atoms with Crippen LogP contribution in [0.1, 0.15) is 13.8 Å². The summed E-state index contributed by atoms with van der Waals surface area (Å²) in [5, 5.41) is 8.51. The standard InChI is InChI=1S/C6H15OS.H2O/c1-3-8(4-2)6-5-7;/h7H,3-6H2,1-2H3;1H2/q+1;/p-1. The summed E-state index contributed by atoms with van der Waals surface area (Å²) in [4.78, 5) is 0. The van der Waals surface area contributed by atoms with Crippen molar-refractivity contribution < 1.29 is 10.6 Å². The van der Waals surface area contributed by atoms with Crippen molar-refractivity contribution in [3.05, 3.63) is 0 Å². The summed E-state index contributed by atoms with van der Waals surface area (Å²) >= 11 is 0. The zero-order valence-corrected chi connectivity index (χ0v) is 6.95. The van der Waals surface area contributed by atoms with Gasteiger partial charge in [-0.15, -0.1) is 0 Å². The molecule has 3 heteroatoms. The Labute approximate surface area is 59.9 Å². The topological polar surface area (TPSA) is 50.2 Å². The van der Waals surface area contributed by atoms with E-state index in [9.17, 15) is 0 Å². The van der Waals surface area contributed by atoms with Crippen molar-refractivity contribution in [2.24, 2.45) is 0 Å². The third-order valence-electron chi connectivity index (χ3n) is 1.20. The van der Waals surface area contributed by atoms with Crippen LogP contribution in [0.4, 0.5) is 0 Å². The largest absolute Gasteiger partial charge is 0.870 e. The Morgan fingerprint density at radius 2 is 1.67 bits per heavy atom. The second-order valence-corrected chi connectivity index (χ2v) is 4.41. The first-order chi connectivity index (χ1) is 3.85. The highest BCUT2D eigenvalue weighted by Crippen LogP contribution is 1.93. The molecule has 0 aliphatic heterocycles. The van der Waals surface area contributed by atoms with Crippen LogP contribution in [0.2, 0.25) is 0 Å². The van der Waals surface area contributed by atoms with Gasteiger partial charge >= 0.3 is 0 Å². The van der Waals surface area contributed by atoms with E-state index in [-0.39, 0.29) is 5.48 Å². The van der Waals surface area contributed by atoms with E-state index < -0.39 is 0 Å². The van der Waals surface area contributed by atoms with Crippen molar-refractivity contribution in [2.75, 3.05) is 23.9 Å². The Hall–Kier alpha value is 0.270. The molecule has 0 aliphatic rings. The Bertz CT molecular complexity index is 46.3. The maximum atomic E-state index is 8.51. The third-order valence-corrected chi connectivity index (χ3v) is 3.59. The van der Waals surface area contributed by atoms with Gasteiger partial charge in [-0.1, -0.05) is 0 Å². The van der Waals surface area contributed by atoms with Crippen molar-refractivity contribution in [3.63, 3.8) is 0 Å². The zero-order chi connectivity index (χ0) is 6.41. The molecule has 0 saturated heterocycles. The molecule has 0 aliphatic carbocycles. The van der Waals surface area contributed by atoms with Crippen LogP contribution in [0.25, 0.3) is 0 Å². The Kier molecular flexibility index (Phi) is 11.0. The average Bonchev–Trinajstić information content (AvgIpc) is 1.83. The van der Waals surface area contributed by atoms with E-state index in [4.69, 9.17) is 5.11 Å². The van der Waals surface area contributed by atoms with Gasteiger partial charge in [-0.25, -0.2) is 0 Å². The zero-order valence-electron chi connectivity index (χ0n) is 6.13. The molecule has 0 unspecified atom stereocenters. The molecule has 0 aromatic carbocycles. The fourth-order valence-electron chi connectivity index (χ4n) is 0.622. The van der Waals surface area contributed by atoms with Crippen molar-refractivity contribution in [2.45, 2.75) is 13.8 Å². The average molecular weight is 152 g/mol. The van der Waals surface area contributed by atoms with Gasteiger partial charge < -0.3 is 10.6 Å². The summed E-state index contributed by atoms with van der Waals surface area (Å²) in [6.45, 7) is 4.73. The first kappa shape index (κ1) is 12.0. The summed E-state index contributed by atoms with van der Waals surface area (Å²) in [6.07, 6.45) is 0. The van der Waals surface area contributed by atoms with Gasteiger partial charge in [0.2, 0.25) is 0 Å². The smallest absolute Gasteiger partial charge is 0.131 e. The number of aliphatic hydroxyl groups excluding tert-OH is 1. The second-order valence-electron chi connectivity index (χ2n) is 1.62. The molecule has 0 aromatic heterocycles. The van der Waals surface area contributed by atoms with E-state index in [1.54, 1.807) is 0 Å². The molecule has 0 fully saturated rings. The summed E-state index contributed by atoms with van der Waals surface area (Å²) < 4.78 is 0. The quantitative estimate of drug-likeness (QED) is 0.595. The minimum Gasteiger partial charge on any atom is -0.870 e. The molecule has 0 aromatic rings. The van der Waals surface area contributed by atoms with Crippen molar-refractivity contribution in [1.82, 2.24) is 0 Å². The van der Waals surface area contributed by atoms with Crippen LogP contribution in [0.15, 0.2) is 0 Å². The lowest BCUT2D eigenvalue weighted by molar-refractivity contribution is 0.322. The Morgan fingerprint density at radius 3 is 1.78 bits per heavy atom. The van der Waals surface area contributed by atoms with Crippen LogP contribution < -0.4 is 0 Å². The van der Waals surface area contributed by atoms with Crippen LogP contribution in [-0.2, 0) is 10.9 Å². The Morgan fingerprint density at radius 1 is 1.22 bits per heavy atom. The van der Waals surface area contributed by atoms with Gasteiger partial charge in [-0.2, -0.15) is 0 Å². The highest BCUT2D eigenvalue weighted by Gasteiger charge is 2.08. The van der Waals surface area contributed by atoms with Crippen LogP contribution in [-0.4, -0.2) is 34.4 Å². The monoisotopic (exact) mass is 152 g/mol. The molecule has 9 heavy (non-hydrogen) atoms. The first-order valence-corrected chi connectivity index (χ1v) is 4.83. The predicted octanol–water partition coefficient (Wildman–Crippen LogP) is 0.460. The van der Waals surface area contributed by atoms with E-state index in [1.807, 2.05) is 0 Å². The van der Waals surface area contributed by atoms with Crippen LogP contribution in [0.3, 0.4) is 0 Å². The molecule has 0 heterocycles. The van der Waals surface area contributed by atoms with Crippen LogP contribution >= 0.6 is 0 Å². The number of hydrogen-bond donors (Lipinski definition) is 1. The second kappa shape index (κ2) is 8.27. The number of hydrogen-bond acceptors (Lipinski definition) is 2. The van der Waals surface area contributed by atoms with Gasteiger partial charge in [0, 0.05) is 0 Å². The molecular formula is C6H16O2S. The molecule has 2 N–H and O–H groups in total. The summed E-state index contributed by atoms with van der Waals surface area (Å²) in [5.41, 5.74) is 0. The fraction of sp³-hybridized carbons (Fsp3) is 1.00. The molecule has 0 spiro atoms.